The zero-order valence-electron chi connectivity index (χ0n) is 10.6. The first-order valence-corrected chi connectivity index (χ1v) is 6.52. The van der Waals surface area contributed by atoms with E-state index in [9.17, 15) is 4.79 Å². The zero-order valence-corrected chi connectivity index (χ0v) is 12.1. The maximum Gasteiger partial charge on any atom is 0.335 e. The van der Waals surface area contributed by atoms with Crippen LogP contribution >= 0.6 is 15.9 Å². The fraction of sp³-hybridized carbons (Fsp3) is 0.0667. The average molecular weight is 332 g/mol. The van der Waals surface area contributed by atoms with Gasteiger partial charge in [-0.1, -0.05) is 12.1 Å². The number of hydrogen-bond acceptors (Lipinski definition) is 3. The van der Waals surface area contributed by atoms with Crippen molar-refractivity contribution in [3.05, 3.63) is 57.6 Å². The van der Waals surface area contributed by atoms with E-state index >= 15 is 0 Å². The van der Waals surface area contributed by atoms with Crippen LogP contribution in [0.3, 0.4) is 0 Å². The molecule has 100 valence electrons. The van der Waals surface area contributed by atoms with Gasteiger partial charge in [0.25, 0.3) is 0 Å². The minimum Gasteiger partial charge on any atom is -0.478 e. The summed E-state index contributed by atoms with van der Waals surface area (Å²) in [6.07, 6.45) is 0. The maximum absolute atomic E-state index is 11.0. The molecule has 0 unspecified atom stereocenters. The fourth-order valence-electron chi connectivity index (χ4n) is 1.66. The number of nitriles is 1. The molecule has 0 spiro atoms. The van der Waals surface area contributed by atoms with Crippen LogP contribution in [0.25, 0.3) is 0 Å². The van der Waals surface area contributed by atoms with Crippen LogP contribution < -0.4 is 4.74 Å². The average Bonchev–Trinajstić information content (AvgIpc) is 2.41. The quantitative estimate of drug-likeness (QED) is 0.918. The predicted molar refractivity (Wildman–Crippen MR) is 77.1 cm³/mol. The molecule has 0 aliphatic rings. The Hall–Kier alpha value is -2.32. The van der Waals surface area contributed by atoms with Crippen molar-refractivity contribution >= 4 is 21.9 Å². The molecule has 0 heterocycles. The van der Waals surface area contributed by atoms with Gasteiger partial charge >= 0.3 is 5.97 Å². The highest BCUT2D eigenvalue weighted by Gasteiger charge is 2.12. The van der Waals surface area contributed by atoms with Crippen molar-refractivity contribution in [3.8, 4) is 17.6 Å². The Kier molecular flexibility index (Phi) is 4.06. The van der Waals surface area contributed by atoms with Crippen molar-refractivity contribution in [2.45, 2.75) is 6.92 Å². The third-order valence-electron chi connectivity index (χ3n) is 2.74. The van der Waals surface area contributed by atoms with E-state index in [2.05, 4.69) is 22.0 Å². The lowest BCUT2D eigenvalue weighted by Gasteiger charge is -2.11. The summed E-state index contributed by atoms with van der Waals surface area (Å²) in [5, 5.41) is 18.1. The summed E-state index contributed by atoms with van der Waals surface area (Å²) >= 11 is 3.28. The van der Waals surface area contributed by atoms with Crippen molar-refractivity contribution in [2.75, 3.05) is 0 Å². The largest absolute Gasteiger partial charge is 0.478 e. The van der Waals surface area contributed by atoms with E-state index in [1.807, 2.05) is 6.92 Å². The first-order valence-electron chi connectivity index (χ1n) is 5.73. The summed E-state index contributed by atoms with van der Waals surface area (Å²) < 4.78 is 6.32. The maximum atomic E-state index is 11.0. The fourth-order valence-corrected chi connectivity index (χ4v) is 2.10. The van der Waals surface area contributed by atoms with Gasteiger partial charge in [0.05, 0.1) is 5.56 Å². The van der Waals surface area contributed by atoms with E-state index in [0.717, 1.165) is 5.56 Å². The van der Waals surface area contributed by atoms with Gasteiger partial charge < -0.3 is 9.84 Å². The molecule has 2 aromatic carbocycles. The third kappa shape index (κ3) is 2.81. The molecule has 0 amide bonds. The second-order valence-electron chi connectivity index (χ2n) is 4.11. The topological polar surface area (TPSA) is 70.3 Å². The smallest absolute Gasteiger partial charge is 0.335 e. The van der Waals surface area contributed by atoms with Gasteiger partial charge in [0.2, 0.25) is 0 Å². The Balaban J connectivity index is 2.45. The minimum atomic E-state index is -1.02. The highest BCUT2D eigenvalue weighted by Crippen LogP contribution is 2.32. The number of carboxylic acids is 1. The summed E-state index contributed by atoms with van der Waals surface area (Å²) in [6.45, 7) is 1.81. The molecular weight excluding hydrogens is 322 g/mol. The van der Waals surface area contributed by atoms with E-state index in [1.54, 1.807) is 24.3 Å². The van der Waals surface area contributed by atoms with Crippen molar-refractivity contribution in [1.82, 2.24) is 0 Å². The van der Waals surface area contributed by atoms with E-state index in [1.165, 1.54) is 12.1 Å². The van der Waals surface area contributed by atoms with Crippen molar-refractivity contribution < 1.29 is 14.6 Å². The van der Waals surface area contributed by atoms with Gasteiger partial charge in [-0.25, -0.2) is 4.79 Å². The van der Waals surface area contributed by atoms with E-state index in [4.69, 9.17) is 15.1 Å². The molecule has 20 heavy (non-hydrogen) atoms. The lowest BCUT2D eigenvalue weighted by molar-refractivity contribution is 0.0696. The van der Waals surface area contributed by atoms with Gasteiger partial charge in [-0.3, -0.25) is 0 Å². The third-order valence-corrected chi connectivity index (χ3v) is 3.40. The number of halogens is 1. The predicted octanol–water partition coefficient (Wildman–Crippen LogP) is 4.12. The minimum absolute atomic E-state index is 0.138. The Labute approximate surface area is 124 Å². The second kappa shape index (κ2) is 5.76. The van der Waals surface area contributed by atoms with Gasteiger partial charge in [-0.2, -0.15) is 5.26 Å². The lowest BCUT2D eigenvalue weighted by Crippen LogP contribution is -1.98. The van der Waals surface area contributed by atoms with E-state index in [-0.39, 0.29) is 5.56 Å². The molecule has 0 saturated carbocycles. The standard InChI is InChI=1S/C15H10BrNO3/c1-9-5-6-10(15(18)19)7-14(9)20-13-4-2-3-12(16)11(13)8-17/h2-7H,1H3,(H,18,19). The molecule has 2 aromatic rings. The summed E-state index contributed by atoms with van der Waals surface area (Å²) in [7, 11) is 0. The molecule has 1 N–H and O–H groups in total. The summed E-state index contributed by atoms with van der Waals surface area (Å²) in [4.78, 5) is 11.0. The van der Waals surface area contributed by atoms with Crippen molar-refractivity contribution in [3.63, 3.8) is 0 Å². The van der Waals surface area contributed by atoms with E-state index in [0.29, 0.717) is 21.5 Å². The monoisotopic (exact) mass is 331 g/mol. The molecule has 0 bridgehead atoms. The first kappa shape index (κ1) is 14.1. The first-order chi connectivity index (χ1) is 9.52. The molecule has 0 saturated heterocycles. The van der Waals surface area contributed by atoms with Crippen LogP contribution in [0.2, 0.25) is 0 Å². The van der Waals surface area contributed by atoms with Gasteiger partial charge in [0.1, 0.15) is 23.1 Å². The van der Waals surface area contributed by atoms with E-state index < -0.39 is 5.97 Å². The number of nitrogens with zero attached hydrogens (tertiary/aromatic N) is 1. The highest BCUT2D eigenvalue weighted by molar-refractivity contribution is 9.10. The Morgan fingerprint density at radius 3 is 2.70 bits per heavy atom. The van der Waals surface area contributed by atoms with Crippen molar-refractivity contribution in [2.24, 2.45) is 0 Å². The Morgan fingerprint density at radius 1 is 1.30 bits per heavy atom. The molecule has 0 aromatic heterocycles. The lowest BCUT2D eigenvalue weighted by atomic mass is 10.1. The van der Waals surface area contributed by atoms with Gasteiger partial charge in [0, 0.05) is 4.47 Å². The van der Waals surface area contributed by atoms with Gasteiger partial charge in [0.15, 0.2) is 0 Å². The summed E-state index contributed by atoms with van der Waals surface area (Å²) in [6, 6.07) is 11.8. The zero-order chi connectivity index (χ0) is 14.7. The molecule has 0 atom stereocenters. The molecule has 0 aliphatic carbocycles. The summed E-state index contributed by atoms with van der Waals surface area (Å²) in [5.41, 5.74) is 1.30. The summed E-state index contributed by atoms with van der Waals surface area (Å²) in [5.74, 6) is -0.225. The molecule has 0 aliphatic heterocycles. The number of carboxylic acid groups (broad SMARTS) is 1. The number of carbonyl (C=O) groups is 1. The van der Waals surface area contributed by atoms with Crippen LogP contribution in [-0.2, 0) is 0 Å². The van der Waals surface area contributed by atoms with Crippen LogP contribution in [0.5, 0.6) is 11.5 Å². The number of ether oxygens (including phenoxy) is 1. The number of hydrogen-bond donors (Lipinski definition) is 1. The second-order valence-corrected chi connectivity index (χ2v) is 4.97. The number of benzene rings is 2. The molecule has 4 nitrogen and oxygen atoms in total. The number of rotatable bonds is 3. The normalized spacial score (nSPS) is 9.85. The molecule has 0 radical (unpaired) electrons. The number of aryl methyl sites for hydroxylation is 1. The van der Waals surface area contributed by atoms with Crippen molar-refractivity contribution in [1.29, 1.82) is 5.26 Å². The van der Waals surface area contributed by atoms with Crippen LogP contribution in [0.1, 0.15) is 21.5 Å². The molecular formula is C15H10BrNO3. The Bertz CT molecular complexity index is 720. The van der Waals surface area contributed by atoms with Crippen LogP contribution in [-0.4, -0.2) is 11.1 Å². The molecule has 0 fully saturated rings. The van der Waals surface area contributed by atoms with Crippen LogP contribution in [0.4, 0.5) is 0 Å². The van der Waals surface area contributed by atoms with Crippen LogP contribution in [0.15, 0.2) is 40.9 Å². The van der Waals surface area contributed by atoms with Gasteiger partial charge in [-0.15, -0.1) is 0 Å². The van der Waals surface area contributed by atoms with Crippen LogP contribution in [0, 0.1) is 18.3 Å². The Morgan fingerprint density at radius 2 is 2.05 bits per heavy atom. The van der Waals surface area contributed by atoms with Gasteiger partial charge in [-0.05, 0) is 52.7 Å². The molecule has 2 rings (SSSR count). The number of aromatic carboxylic acids is 1. The SMILES string of the molecule is Cc1ccc(C(=O)O)cc1Oc1cccc(Br)c1C#N. The molecule has 5 heteroatoms. The highest BCUT2D eigenvalue weighted by atomic mass is 79.9.